The molecule has 5 nitrogen and oxygen atoms in total. The molecule has 0 aromatic heterocycles. The smallest absolute Gasteiger partial charge is 0.251 e. The van der Waals surface area contributed by atoms with E-state index in [9.17, 15) is 13.2 Å². The van der Waals surface area contributed by atoms with Gasteiger partial charge in [-0.1, -0.05) is 24.6 Å². The fraction of sp³-hybridized carbons (Fsp3) is 0.409. The monoisotopic (exact) mass is 401 g/mol. The van der Waals surface area contributed by atoms with Crippen LogP contribution in [0.3, 0.4) is 0 Å². The van der Waals surface area contributed by atoms with Gasteiger partial charge >= 0.3 is 0 Å². The van der Waals surface area contributed by atoms with Crippen molar-refractivity contribution < 1.29 is 17.9 Å². The minimum atomic E-state index is -3.36. The predicted molar refractivity (Wildman–Crippen MR) is 109 cm³/mol. The van der Waals surface area contributed by atoms with Crippen LogP contribution in [0.2, 0.25) is 0 Å². The number of nitrogens with one attached hydrogen (secondary N) is 1. The van der Waals surface area contributed by atoms with Crippen LogP contribution in [-0.2, 0) is 16.4 Å². The van der Waals surface area contributed by atoms with E-state index < -0.39 is 9.84 Å². The lowest BCUT2D eigenvalue weighted by atomic mass is 9.98. The van der Waals surface area contributed by atoms with E-state index in [1.165, 1.54) is 31.4 Å². The van der Waals surface area contributed by atoms with E-state index >= 15 is 0 Å². The highest BCUT2D eigenvalue weighted by atomic mass is 32.2. The summed E-state index contributed by atoms with van der Waals surface area (Å²) in [4.78, 5) is 12.7. The standard InChI is InChI=1S/C22H27NO4S/c1-16-11-12-20(28(2,25)26)14-21(16)22(24)23-15-17-7-6-10-19(13-17)27-18-8-4-3-5-9-18/h6-7,10-14,18H,3-5,8-9,15H2,1-2H3,(H,23,24). The third kappa shape index (κ3) is 5.35. The Morgan fingerprint density at radius 3 is 2.57 bits per heavy atom. The number of aryl methyl sites for hydroxylation is 1. The second kappa shape index (κ2) is 8.78. The molecule has 1 aliphatic carbocycles. The van der Waals surface area contributed by atoms with E-state index in [0.29, 0.717) is 12.1 Å². The summed E-state index contributed by atoms with van der Waals surface area (Å²) >= 11 is 0. The molecule has 0 bridgehead atoms. The molecule has 28 heavy (non-hydrogen) atoms. The van der Waals surface area contributed by atoms with Crippen molar-refractivity contribution in [2.45, 2.75) is 56.6 Å². The highest BCUT2D eigenvalue weighted by molar-refractivity contribution is 7.90. The van der Waals surface area contributed by atoms with Crippen LogP contribution in [-0.4, -0.2) is 26.7 Å². The zero-order valence-corrected chi connectivity index (χ0v) is 17.2. The highest BCUT2D eigenvalue weighted by Gasteiger charge is 2.16. The zero-order chi connectivity index (χ0) is 20.1. The van der Waals surface area contributed by atoms with Gasteiger partial charge in [-0.25, -0.2) is 8.42 Å². The van der Waals surface area contributed by atoms with Gasteiger partial charge in [-0.05, 0) is 68.0 Å². The van der Waals surface area contributed by atoms with Crippen molar-refractivity contribution in [2.24, 2.45) is 0 Å². The predicted octanol–water partition coefficient (Wildman–Crippen LogP) is 4.04. The van der Waals surface area contributed by atoms with Crippen LogP contribution in [0.15, 0.2) is 47.4 Å². The van der Waals surface area contributed by atoms with E-state index in [1.807, 2.05) is 24.3 Å². The van der Waals surface area contributed by atoms with Gasteiger partial charge in [0.25, 0.3) is 5.91 Å². The minimum Gasteiger partial charge on any atom is -0.490 e. The van der Waals surface area contributed by atoms with Crippen molar-refractivity contribution in [3.63, 3.8) is 0 Å². The quantitative estimate of drug-likeness (QED) is 0.793. The van der Waals surface area contributed by atoms with Crippen molar-refractivity contribution in [3.05, 3.63) is 59.2 Å². The maximum atomic E-state index is 12.6. The molecule has 6 heteroatoms. The molecule has 1 N–H and O–H groups in total. The second-order valence-corrected chi connectivity index (χ2v) is 9.47. The first-order chi connectivity index (χ1) is 13.3. The van der Waals surface area contributed by atoms with Crippen LogP contribution in [0.1, 0.15) is 53.6 Å². The molecule has 0 spiro atoms. The maximum Gasteiger partial charge on any atom is 0.251 e. The van der Waals surface area contributed by atoms with Crippen LogP contribution in [0.4, 0.5) is 0 Å². The molecule has 0 aliphatic heterocycles. The molecule has 0 heterocycles. The third-order valence-electron chi connectivity index (χ3n) is 5.09. The second-order valence-electron chi connectivity index (χ2n) is 7.46. The van der Waals surface area contributed by atoms with Crippen LogP contribution in [0, 0.1) is 6.92 Å². The van der Waals surface area contributed by atoms with Gasteiger partial charge in [0.15, 0.2) is 9.84 Å². The van der Waals surface area contributed by atoms with Crippen LogP contribution < -0.4 is 10.1 Å². The molecule has 0 saturated heterocycles. The molecule has 2 aromatic carbocycles. The Bertz CT molecular complexity index is 947. The topological polar surface area (TPSA) is 72.5 Å². The Balaban J connectivity index is 1.65. The first-order valence-electron chi connectivity index (χ1n) is 9.67. The molecule has 1 fully saturated rings. The van der Waals surface area contributed by atoms with E-state index in [2.05, 4.69) is 5.32 Å². The van der Waals surface area contributed by atoms with Gasteiger partial charge in [-0.3, -0.25) is 4.79 Å². The van der Waals surface area contributed by atoms with Gasteiger partial charge in [0.05, 0.1) is 11.0 Å². The van der Waals surface area contributed by atoms with E-state index in [0.717, 1.165) is 36.0 Å². The lowest BCUT2D eigenvalue weighted by molar-refractivity contribution is 0.0950. The van der Waals surface area contributed by atoms with Crippen molar-refractivity contribution in [1.82, 2.24) is 5.32 Å². The summed E-state index contributed by atoms with van der Waals surface area (Å²) in [6.45, 7) is 2.14. The summed E-state index contributed by atoms with van der Waals surface area (Å²) in [5, 5.41) is 2.88. The van der Waals surface area contributed by atoms with Crippen molar-refractivity contribution in [3.8, 4) is 5.75 Å². The first-order valence-corrected chi connectivity index (χ1v) is 11.6. The number of sulfone groups is 1. The summed E-state index contributed by atoms with van der Waals surface area (Å²) in [5.74, 6) is 0.538. The average molecular weight is 402 g/mol. The van der Waals surface area contributed by atoms with Gasteiger partial charge in [0.2, 0.25) is 0 Å². The maximum absolute atomic E-state index is 12.6. The van der Waals surface area contributed by atoms with Crippen molar-refractivity contribution in [2.75, 3.05) is 6.26 Å². The number of hydrogen-bond donors (Lipinski definition) is 1. The number of ether oxygens (including phenoxy) is 1. The Morgan fingerprint density at radius 2 is 1.86 bits per heavy atom. The minimum absolute atomic E-state index is 0.145. The molecule has 3 rings (SSSR count). The average Bonchev–Trinajstić information content (AvgIpc) is 2.67. The van der Waals surface area contributed by atoms with Gasteiger partial charge < -0.3 is 10.1 Å². The number of rotatable bonds is 6. The Morgan fingerprint density at radius 1 is 1.11 bits per heavy atom. The largest absolute Gasteiger partial charge is 0.490 e. The number of carbonyl (C=O) groups is 1. The molecule has 0 radical (unpaired) electrons. The Hall–Kier alpha value is -2.34. The van der Waals surface area contributed by atoms with Crippen LogP contribution in [0.25, 0.3) is 0 Å². The summed E-state index contributed by atoms with van der Waals surface area (Å²) in [7, 11) is -3.36. The van der Waals surface area contributed by atoms with Crippen molar-refractivity contribution in [1.29, 1.82) is 0 Å². The number of hydrogen-bond acceptors (Lipinski definition) is 4. The molecule has 0 atom stereocenters. The van der Waals surface area contributed by atoms with Crippen LogP contribution in [0.5, 0.6) is 5.75 Å². The molecular weight excluding hydrogens is 374 g/mol. The summed E-state index contributed by atoms with van der Waals surface area (Å²) in [6, 6.07) is 12.4. The SMILES string of the molecule is Cc1ccc(S(C)(=O)=O)cc1C(=O)NCc1cccc(OC2CCCCC2)c1. The zero-order valence-electron chi connectivity index (χ0n) is 16.4. The normalized spacial score (nSPS) is 15.2. The van der Waals surface area contributed by atoms with Crippen molar-refractivity contribution >= 4 is 15.7 Å². The summed E-state index contributed by atoms with van der Waals surface area (Å²) in [5.41, 5.74) is 2.05. The molecule has 150 valence electrons. The van der Waals surface area contributed by atoms with E-state index in [-0.39, 0.29) is 16.9 Å². The molecule has 1 aliphatic rings. The van der Waals surface area contributed by atoms with E-state index in [1.54, 1.807) is 13.0 Å². The third-order valence-corrected chi connectivity index (χ3v) is 6.20. The van der Waals surface area contributed by atoms with Gasteiger partial charge in [0.1, 0.15) is 5.75 Å². The first kappa shape index (κ1) is 20.4. The molecule has 1 amide bonds. The molecule has 2 aromatic rings. The van der Waals surface area contributed by atoms with Gasteiger partial charge in [0, 0.05) is 18.4 Å². The fourth-order valence-electron chi connectivity index (χ4n) is 3.46. The lowest BCUT2D eigenvalue weighted by Gasteiger charge is -2.23. The number of carbonyl (C=O) groups excluding carboxylic acids is 1. The Labute approximate surface area is 167 Å². The molecule has 0 unspecified atom stereocenters. The van der Waals surface area contributed by atoms with Gasteiger partial charge in [-0.15, -0.1) is 0 Å². The summed E-state index contributed by atoms with van der Waals surface area (Å²) in [6.07, 6.45) is 7.31. The molecule has 1 saturated carbocycles. The highest BCUT2D eigenvalue weighted by Crippen LogP contribution is 2.24. The van der Waals surface area contributed by atoms with Gasteiger partial charge in [-0.2, -0.15) is 0 Å². The summed E-state index contributed by atoms with van der Waals surface area (Å²) < 4.78 is 29.6. The molecular formula is C22H27NO4S. The fourth-order valence-corrected chi connectivity index (χ4v) is 4.11. The van der Waals surface area contributed by atoms with Crippen LogP contribution >= 0.6 is 0 Å². The van der Waals surface area contributed by atoms with E-state index in [4.69, 9.17) is 4.74 Å². The lowest BCUT2D eigenvalue weighted by Crippen LogP contribution is -2.24. The Kier molecular flexibility index (Phi) is 6.39. The number of amides is 1. The number of benzene rings is 2.